The third kappa shape index (κ3) is 4.00. The average molecular weight is 308 g/mol. The van der Waals surface area contributed by atoms with Gasteiger partial charge in [-0.2, -0.15) is 0 Å². The van der Waals surface area contributed by atoms with E-state index in [1.54, 1.807) is 0 Å². The van der Waals surface area contributed by atoms with Crippen molar-refractivity contribution in [3.63, 3.8) is 0 Å². The summed E-state index contributed by atoms with van der Waals surface area (Å²) in [7, 11) is 2.17. The van der Waals surface area contributed by atoms with E-state index in [0.29, 0.717) is 12.5 Å². The number of halogens is 1. The SMILES string of the molecule is CN(CC1=Cc2cc(Cl)ccc2OC1)CC1CCCOC1. The number of hydrogen-bond acceptors (Lipinski definition) is 3. The zero-order chi connectivity index (χ0) is 14.7. The number of fused-ring (bicyclic) bond motifs is 1. The Morgan fingerprint density at radius 1 is 1.38 bits per heavy atom. The van der Waals surface area contributed by atoms with Crippen molar-refractivity contribution in [1.82, 2.24) is 4.90 Å². The van der Waals surface area contributed by atoms with E-state index < -0.39 is 0 Å². The first kappa shape index (κ1) is 14.9. The number of rotatable bonds is 4. The molecular weight excluding hydrogens is 286 g/mol. The Hall–Kier alpha value is -1.03. The summed E-state index contributed by atoms with van der Waals surface area (Å²) in [5.41, 5.74) is 2.38. The second kappa shape index (κ2) is 6.82. The molecule has 0 N–H and O–H groups in total. The maximum atomic E-state index is 6.05. The number of ether oxygens (including phenoxy) is 2. The Bertz CT molecular complexity index is 524. The highest BCUT2D eigenvalue weighted by Crippen LogP contribution is 2.29. The average Bonchev–Trinajstić information content (AvgIpc) is 2.47. The van der Waals surface area contributed by atoms with Crippen LogP contribution in [0.15, 0.2) is 23.8 Å². The zero-order valence-electron chi connectivity index (χ0n) is 12.5. The van der Waals surface area contributed by atoms with Gasteiger partial charge in [0.1, 0.15) is 12.4 Å². The lowest BCUT2D eigenvalue weighted by atomic mass is 10.0. The van der Waals surface area contributed by atoms with Gasteiger partial charge in [0.25, 0.3) is 0 Å². The molecule has 0 aliphatic carbocycles. The van der Waals surface area contributed by atoms with Crippen molar-refractivity contribution in [2.75, 3.05) is 40.0 Å². The third-order valence-corrected chi connectivity index (χ3v) is 4.28. The molecule has 1 unspecified atom stereocenters. The summed E-state index contributed by atoms with van der Waals surface area (Å²) in [5.74, 6) is 1.59. The van der Waals surface area contributed by atoms with Gasteiger partial charge in [-0.3, -0.25) is 0 Å². The van der Waals surface area contributed by atoms with Crippen molar-refractivity contribution >= 4 is 17.7 Å². The summed E-state index contributed by atoms with van der Waals surface area (Å²) in [5, 5.41) is 0.752. The second-order valence-electron chi connectivity index (χ2n) is 6.05. The van der Waals surface area contributed by atoms with Crippen LogP contribution in [-0.4, -0.2) is 44.9 Å². The molecule has 4 heteroatoms. The number of benzene rings is 1. The third-order valence-electron chi connectivity index (χ3n) is 4.04. The number of likely N-dealkylation sites (N-methyl/N-ethyl adjacent to an activating group) is 1. The zero-order valence-corrected chi connectivity index (χ0v) is 13.2. The van der Waals surface area contributed by atoms with E-state index in [9.17, 15) is 0 Å². The lowest BCUT2D eigenvalue weighted by Gasteiger charge is -2.28. The van der Waals surface area contributed by atoms with Crippen LogP contribution in [0.3, 0.4) is 0 Å². The minimum Gasteiger partial charge on any atom is -0.489 e. The van der Waals surface area contributed by atoms with E-state index >= 15 is 0 Å². The first-order chi connectivity index (χ1) is 10.2. The van der Waals surface area contributed by atoms with Crippen LogP contribution in [0.5, 0.6) is 5.75 Å². The smallest absolute Gasteiger partial charge is 0.127 e. The van der Waals surface area contributed by atoms with Gasteiger partial charge in [-0.1, -0.05) is 11.6 Å². The van der Waals surface area contributed by atoms with Crippen LogP contribution in [0.2, 0.25) is 5.02 Å². The van der Waals surface area contributed by atoms with Gasteiger partial charge < -0.3 is 14.4 Å². The fourth-order valence-electron chi connectivity index (χ4n) is 3.09. The van der Waals surface area contributed by atoms with Gasteiger partial charge in [0.2, 0.25) is 0 Å². The Morgan fingerprint density at radius 3 is 3.10 bits per heavy atom. The molecule has 0 amide bonds. The maximum absolute atomic E-state index is 6.05. The van der Waals surface area contributed by atoms with E-state index in [2.05, 4.69) is 18.0 Å². The highest BCUT2D eigenvalue weighted by molar-refractivity contribution is 6.30. The van der Waals surface area contributed by atoms with Gasteiger partial charge >= 0.3 is 0 Å². The van der Waals surface area contributed by atoms with Crippen LogP contribution in [-0.2, 0) is 4.74 Å². The molecule has 0 aromatic heterocycles. The molecule has 1 atom stereocenters. The highest BCUT2D eigenvalue weighted by atomic mass is 35.5. The molecule has 0 radical (unpaired) electrons. The Morgan fingerprint density at radius 2 is 2.29 bits per heavy atom. The predicted molar refractivity (Wildman–Crippen MR) is 86.0 cm³/mol. The van der Waals surface area contributed by atoms with E-state index in [-0.39, 0.29) is 0 Å². The largest absolute Gasteiger partial charge is 0.489 e. The molecule has 1 aromatic carbocycles. The van der Waals surface area contributed by atoms with Crippen molar-refractivity contribution in [3.8, 4) is 5.75 Å². The quantitative estimate of drug-likeness (QED) is 0.850. The standard InChI is InChI=1S/C17H22ClNO2/c1-19(9-13-3-2-6-20-11-13)10-14-7-15-8-16(18)4-5-17(15)21-12-14/h4-5,7-8,13H,2-3,6,9-12H2,1H3. The molecule has 1 saturated heterocycles. The molecule has 1 fully saturated rings. The van der Waals surface area contributed by atoms with Gasteiger partial charge in [-0.05, 0) is 55.7 Å². The van der Waals surface area contributed by atoms with Crippen molar-refractivity contribution in [1.29, 1.82) is 0 Å². The minimum atomic E-state index is 0.663. The normalized spacial score (nSPS) is 21.7. The highest BCUT2D eigenvalue weighted by Gasteiger charge is 2.18. The summed E-state index contributed by atoms with van der Waals surface area (Å²) < 4.78 is 11.4. The molecule has 114 valence electrons. The molecule has 21 heavy (non-hydrogen) atoms. The topological polar surface area (TPSA) is 21.7 Å². The molecule has 3 nitrogen and oxygen atoms in total. The van der Waals surface area contributed by atoms with Crippen molar-refractivity contribution in [2.24, 2.45) is 5.92 Å². The first-order valence-corrected chi connectivity index (χ1v) is 7.96. The van der Waals surface area contributed by atoms with Gasteiger partial charge in [-0.15, -0.1) is 0 Å². The first-order valence-electron chi connectivity index (χ1n) is 7.59. The van der Waals surface area contributed by atoms with Gasteiger partial charge in [0, 0.05) is 30.3 Å². The van der Waals surface area contributed by atoms with Crippen molar-refractivity contribution in [2.45, 2.75) is 12.8 Å². The van der Waals surface area contributed by atoms with Crippen molar-refractivity contribution < 1.29 is 9.47 Å². The molecule has 0 saturated carbocycles. The van der Waals surface area contributed by atoms with Crippen LogP contribution in [0.1, 0.15) is 18.4 Å². The second-order valence-corrected chi connectivity index (χ2v) is 6.49. The summed E-state index contributed by atoms with van der Waals surface area (Å²) in [6.07, 6.45) is 4.67. The van der Waals surface area contributed by atoms with Crippen molar-refractivity contribution in [3.05, 3.63) is 34.4 Å². The van der Waals surface area contributed by atoms with Crippen LogP contribution in [0.4, 0.5) is 0 Å². The van der Waals surface area contributed by atoms with E-state index in [0.717, 1.165) is 42.6 Å². The van der Waals surface area contributed by atoms with Gasteiger partial charge in [-0.25, -0.2) is 0 Å². The van der Waals surface area contributed by atoms with Crippen LogP contribution in [0, 0.1) is 5.92 Å². The van der Waals surface area contributed by atoms with Gasteiger partial charge in [0.05, 0.1) is 6.61 Å². The van der Waals surface area contributed by atoms with E-state index in [1.165, 1.54) is 18.4 Å². The number of hydrogen-bond donors (Lipinski definition) is 0. The Kier molecular flexibility index (Phi) is 4.84. The Balaban J connectivity index is 1.59. The van der Waals surface area contributed by atoms with E-state index in [4.69, 9.17) is 21.1 Å². The molecule has 3 rings (SSSR count). The monoisotopic (exact) mass is 307 g/mol. The predicted octanol–water partition coefficient (Wildman–Crippen LogP) is 3.47. The molecular formula is C17H22ClNO2. The fraction of sp³-hybridized carbons (Fsp3) is 0.529. The molecule has 0 spiro atoms. The summed E-state index contributed by atoms with van der Waals surface area (Å²) in [6.45, 7) is 4.51. The van der Waals surface area contributed by atoms with E-state index in [1.807, 2.05) is 18.2 Å². The minimum absolute atomic E-state index is 0.663. The maximum Gasteiger partial charge on any atom is 0.127 e. The number of nitrogens with zero attached hydrogens (tertiary/aromatic N) is 1. The summed E-state index contributed by atoms with van der Waals surface area (Å²) >= 11 is 6.05. The molecule has 2 aliphatic rings. The summed E-state index contributed by atoms with van der Waals surface area (Å²) in [4.78, 5) is 2.37. The van der Waals surface area contributed by atoms with Crippen LogP contribution < -0.4 is 4.74 Å². The molecule has 2 aliphatic heterocycles. The Labute approximate surface area is 131 Å². The molecule has 1 aromatic rings. The lowest BCUT2D eigenvalue weighted by Crippen LogP contribution is -2.33. The van der Waals surface area contributed by atoms with Crippen LogP contribution >= 0.6 is 11.6 Å². The van der Waals surface area contributed by atoms with Gasteiger partial charge in [0.15, 0.2) is 0 Å². The summed E-state index contributed by atoms with van der Waals surface area (Å²) in [6, 6.07) is 5.77. The van der Waals surface area contributed by atoms with Crippen LogP contribution in [0.25, 0.3) is 6.08 Å². The molecule has 2 heterocycles. The lowest BCUT2D eigenvalue weighted by molar-refractivity contribution is 0.0429. The fourth-order valence-corrected chi connectivity index (χ4v) is 3.27. The molecule has 0 bridgehead atoms.